The van der Waals surface area contributed by atoms with Gasteiger partial charge in [-0.05, 0) is 36.6 Å². The molecule has 0 amide bonds. The van der Waals surface area contributed by atoms with Crippen LogP contribution in [0.2, 0.25) is 0 Å². The molecule has 0 radical (unpaired) electrons. The summed E-state index contributed by atoms with van der Waals surface area (Å²) >= 11 is 0. The summed E-state index contributed by atoms with van der Waals surface area (Å²) in [6, 6.07) is 0. The lowest BCUT2D eigenvalue weighted by Crippen LogP contribution is -2.11. The maximum Gasteiger partial charge on any atom is -0.00514 e. The number of hydrogen-bond acceptors (Lipinski definition) is 1. The standard InChI is InChI=1S/C9H19N/c1-6(5-10)4-9-7(2)8(9)3/h6-9H,4-5,10H2,1-3H3/t6-,7-,8+,9?/m0/s1. The monoisotopic (exact) mass is 141 g/mol. The molecule has 1 saturated carbocycles. The maximum atomic E-state index is 5.54. The molecule has 60 valence electrons. The van der Waals surface area contributed by atoms with Gasteiger partial charge in [-0.3, -0.25) is 0 Å². The highest BCUT2D eigenvalue weighted by Crippen LogP contribution is 2.48. The van der Waals surface area contributed by atoms with Crippen LogP contribution < -0.4 is 5.73 Å². The molecule has 10 heavy (non-hydrogen) atoms. The Morgan fingerprint density at radius 1 is 1.30 bits per heavy atom. The van der Waals surface area contributed by atoms with E-state index in [9.17, 15) is 0 Å². The molecule has 0 saturated heterocycles. The second kappa shape index (κ2) is 2.91. The molecule has 0 spiro atoms. The van der Waals surface area contributed by atoms with Crippen molar-refractivity contribution in [3.8, 4) is 0 Å². The van der Waals surface area contributed by atoms with E-state index in [1.165, 1.54) is 6.42 Å². The van der Waals surface area contributed by atoms with Crippen molar-refractivity contribution >= 4 is 0 Å². The van der Waals surface area contributed by atoms with Crippen LogP contribution in [0, 0.1) is 23.7 Å². The number of rotatable bonds is 3. The maximum absolute atomic E-state index is 5.54. The summed E-state index contributed by atoms with van der Waals surface area (Å²) in [6.45, 7) is 7.80. The van der Waals surface area contributed by atoms with Crippen molar-refractivity contribution in [2.75, 3.05) is 6.54 Å². The van der Waals surface area contributed by atoms with Gasteiger partial charge < -0.3 is 5.73 Å². The molecule has 1 unspecified atom stereocenters. The van der Waals surface area contributed by atoms with Crippen LogP contribution in [-0.4, -0.2) is 6.54 Å². The Kier molecular flexibility index (Phi) is 2.35. The highest BCUT2D eigenvalue weighted by molar-refractivity contribution is 4.91. The first kappa shape index (κ1) is 8.06. The van der Waals surface area contributed by atoms with Gasteiger partial charge in [-0.2, -0.15) is 0 Å². The smallest absolute Gasteiger partial charge is 0.00514 e. The molecule has 0 aliphatic heterocycles. The lowest BCUT2D eigenvalue weighted by Gasteiger charge is -2.05. The van der Waals surface area contributed by atoms with Crippen LogP contribution >= 0.6 is 0 Å². The van der Waals surface area contributed by atoms with E-state index in [-0.39, 0.29) is 0 Å². The fourth-order valence-electron chi connectivity index (χ4n) is 1.76. The Balaban J connectivity index is 2.16. The zero-order valence-electron chi connectivity index (χ0n) is 7.30. The molecule has 0 aromatic carbocycles. The quantitative estimate of drug-likeness (QED) is 0.638. The number of nitrogens with two attached hydrogens (primary N) is 1. The minimum absolute atomic E-state index is 0.734. The summed E-state index contributed by atoms with van der Waals surface area (Å²) in [5.74, 6) is 3.65. The van der Waals surface area contributed by atoms with Crippen LogP contribution in [0.5, 0.6) is 0 Å². The van der Waals surface area contributed by atoms with Crippen LogP contribution in [0.15, 0.2) is 0 Å². The molecule has 0 bridgehead atoms. The molecular weight excluding hydrogens is 122 g/mol. The second-order valence-electron chi connectivity index (χ2n) is 3.96. The molecule has 4 atom stereocenters. The molecule has 0 aromatic rings. The summed E-state index contributed by atoms with van der Waals surface area (Å²) in [5.41, 5.74) is 5.54. The molecule has 1 fully saturated rings. The van der Waals surface area contributed by atoms with Gasteiger partial charge in [0.15, 0.2) is 0 Å². The van der Waals surface area contributed by atoms with E-state index >= 15 is 0 Å². The summed E-state index contributed by atoms with van der Waals surface area (Å²) < 4.78 is 0. The van der Waals surface area contributed by atoms with Crippen LogP contribution in [0.25, 0.3) is 0 Å². The van der Waals surface area contributed by atoms with E-state index in [1.807, 2.05) is 0 Å². The van der Waals surface area contributed by atoms with Crippen molar-refractivity contribution in [2.24, 2.45) is 29.4 Å². The molecule has 1 rings (SSSR count). The van der Waals surface area contributed by atoms with Crippen molar-refractivity contribution in [3.05, 3.63) is 0 Å². The Hall–Kier alpha value is -0.0400. The SMILES string of the molecule is C[C@H](CN)CC1[C@@H](C)[C@H]1C. The van der Waals surface area contributed by atoms with E-state index in [0.29, 0.717) is 0 Å². The highest BCUT2D eigenvalue weighted by atomic mass is 14.6. The summed E-state index contributed by atoms with van der Waals surface area (Å²) in [6.07, 6.45) is 1.35. The Bertz CT molecular complexity index is 103. The zero-order valence-corrected chi connectivity index (χ0v) is 7.30. The van der Waals surface area contributed by atoms with Crippen molar-refractivity contribution in [2.45, 2.75) is 27.2 Å². The van der Waals surface area contributed by atoms with Crippen molar-refractivity contribution in [1.82, 2.24) is 0 Å². The first-order valence-corrected chi connectivity index (χ1v) is 4.37. The van der Waals surface area contributed by atoms with Gasteiger partial charge in [-0.15, -0.1) is 0 Å². The van der Waals surface area contributed by atoms with E-state index in [1.54, 1.807) is 0 Å². The molecule has 1 aliphatic rings. The van der Waals surface area contributed by atoms with E-state index in [4.69, 9.17) is 5.73 Å². The average Bonchev–Trinajstić information content (AvgIpc) is 2.45. The van der Waals surface area contributed by atoms with Gasteiger partial charge in [-0.1, -0.05) is 20.8 Å². The predicted octanol–water partition coefficient (Wildman–Crippen LogP) is 1.87. The third-order valence-electron chi connectivity index (χ3n) is 3.12. The fourth-order valence-corrected chi connectivity index (χ4v) is 1.76. The molecule has 0 heterocycles. The third-order valence-corrected chi connectivity index (χ3v) is 3.12. The van der Waals surface area contributed by atoms with Gasteiger partial charge in [0.05, 0.1) is 0 Å². The van der Waals surface area contributed by atoms with Crippen molar-refractivity contribution in [1.29, 1.82) is 0 Å². The largest absolute Gasteiger partial charge is 0.330 e. The minimum atomic E-state index is 0.734. The first-order chi connectivity index (χ1) is 4.66. The highest BCUT2D eigenvalue weighted by Gasteiger charge is 2.42. The molecular formula is C9H19N. The van der Waals surface area contributed by atoms with E-state index < -0.39 is 0 Å². The molecule has 1 nitrogen and oxygen atoms in total. The third kappa shape index (κ3) is 1.51. The minimum Gasteiger partial charge on any atom is -0.330 e. The summed E-state index contributed by atoms with van der Waals surface area (Å²) in [5, 5.41) is 0. The van der Waals surface area contributed by atoms with Gasteiger partial charge in [0, 0.05) is 0 Å². The van der Waals surface area contributed by atoms with Gasteiger partial charge in [0.1, 0.15) is 0 Å². The van der Waals surface area contributed by atoms with E-state index in [2.05, 4.69) is 20.8 Å². The van der Waals surface area contributed by atoms with Gasteiger partial charge in [0.2, 0.25) is 0 Å². The Labute approximate surface area is 64.0 Å². The first-order valence-electron chi connectivity index (χ1n) is 4.37. The summed E-state index contributed by atoms with van der Waals surface area (Å²) in [4.78, 5) is 0. The van der Waals surface area contributed by atoms with Crippen molar-refractivity contribution in [3.63, 3.8) is 0 Å². The average molecular weight is 141 g/mol. The molecule has 1 aliphatic carbocycles. The van der Waals surface area contributed by atoms with Crippen LogP contribution in [0.4, 0.5) is 0 Å². The predicted molar refractivity (Wildman–Crippen MR) is 44.7 cm³/mol. The van der Waals surface area contributed by atoms with Crippen LogP contribution in [-0.2, 0) is 0 Å². The van der Waals surface area contributed by atoms with Crippen molar-refractivity contribution < 1.29 is 0 Å². The van der Waals surface area contributed by atoms with Gasteiger partial charge in [-0.25, -0.2) is 0 Å². The van der Waals surface area contributed by atoms with Gasteiger partial charge >= 0.3 is 0 Å². The fraction of sp³-hybridized carbons (Fsp3) is 1.00. The van der Waals surface area contributed by atoms with E-state index in [0.717, 1.165) is 30.2 Å². The Morgan fingerprint density at radius 3 is 2.10 bits per heavy atom. The van der Waals surface area contributed by atoms with Gasteiger partial charge in [0.25, 0.3) is 0 Å². The number of hydrogen-bond donors (Lipinski definition) is 1. The van der Waals surface area contributed by atoms with Crippen LogP contribution in [0.3, 0.4) is 0 Å². The normalized spacial score (nSPS) is 41.4. The summed E-state index contributed by atoms with van der Waals surface area (Å²) in [7, 11) is 0. The second-order valence-corrected chi connectivity index (χ2v) is 3.96. The topological polar surface area (TPSA) is 26.0 Å². The molecule has 2 N–H and O–H groups in total. The molecule has 1 heteroatoms. The lowest BCUT2D eigenvalue weighted by atomic mass is 10.0. The van der Waals surface area contributed by atoms with Crippen LogP contribution in [0.1, 0.15) is 27.2 Å². The molecule has 0 aromatic heterocycles. The zero-order chi connectivity index (χ0) is 7.72. The lowest BCUT2D eigenvalue weighted by molar-refractivity contribution is 0.481. The Morgan fingerprint density at radius 2 is 1.80 bits per heavy atom.